The van der Waals surface area contributed by atoms with E-state index in [2.05, 4.69) is 20.3 Å². The molecule has 0 radical (unpaired) electrons. The maximum Gasteiger partial charge on any atom is 0.288 e. The minimum Gasteiger partial charge on any atom is -0.347 e. The number of hydrogen-bond acceptors (Lipinski definition) is 7. The van der Waals surface area contributed by atoms with Gasteiger partial charge in [-0.3, -0.25) is 4.79 Å². The number of nitrogens with one attached hydrogen (secondary N) is 1. The van der Waals surface area contributed by atoms with Crippen LogP contribution < -0.4 is 15.1 Å². The van der Waals surface area contributed by atoms with Gasteiger partial charge in [-0.05, 0) is 12.1 Å². The van der Waals surface area contributed by atoms with Crippen molar-refractivity contribution >= 4 is 29.6 Å². The lowest BCUT2D eigenvalue weighted by Crippen LogP contribution is -2.26. The average Bonchev–Trinajstić information content (AvgIpc) is 2.59. The van der Waals surface area contributed by atoms with Gasteiger partial charge in [0, 0.05) is 33.1 Å². The SMILES string of the molecule is CN(C)c1nc(CNC(=O)c2ccccc2SC(F)F)nc(N(C)C)n1. The first-order valence-corrected chi connectivity index (χ1v) is 8.57. The molecule has 0 aliphatic rings. The van der Waals surface area contributed by atoms with E-state index in [1.807, 2.05) is 0 Å². The summed E-state index contributed by atoms with van der Waals surface area (Å²) in [5.74, 6) is -1.77. The number of amides is 1. The Morgan fingerprint density at radius 2 is 1.65 bits per heavy atom. The Hall–Kier alpha value is -2.49. The molecule has 0 aliphatic carbocycles. The third-order valence-corrected chi connectivity index (χ3v) is 4.00. The van der Waals surface area contributed by atoms with Crippen molar-refractivity contribution in [2.24, 2.45) is 0 Å². The Bertz CT molecular complexity index is 746. The van der Waals surface area contributed by atoms with Crippen molar-refractivity contribution < 1.29 is 13.6 Å². The molecule has 140 valence electrons. The van der Waals surface area contributed by atoms with Crippen LogP contribution in [0.2, 0.25) is 0 Å². The molecular weight excluding hydrogens is 362 g/mol. The van der Waals surface area contributed by atoms with Gasteiger partial charge in [0.05, 0.1) is 12.1 Å². The Morgan fingerprint density at radius 3 is 2.19 bits per heavy atom. The van der Waals surface area contributed by atoms with Crippen molar-refractivity contribution in [2.45, 2.75) is 17.2 Å². The molecule has 0 atom stereocenters. The van der Waals surface area contributed by atoms with Crippen LogP contribution in [0.3, 0.4) is 0 Å². The molecule has 0 spiro atoms. The zero-order chi connectivity index (χ0) is 19.3. The molecule has 0 bridgehead atoms. The summed E-state index contributed by atoms with van der Waals surface area (Å²) >= 11 is 0.339. The van der Waals surface area contributed by atoms with E-state index in [0.29, 0.717) is 29.5 Å². The van der Waals surface area contributed by atoms with Gasteiger partial charge in [-0.1, -0.05) is 23.9 Å². The van der Waals surface area contributed by atoms with Crippen LogP contribution in [0.4, 0.5) is 20.7 Å². The van der Waals surface area contributed by atoms with E-state index < -0.39 is 11.7 Å². The number of nitrogens with zero attached hydrogens (tertiary/aromatic N) is 5. The summed E-state index contributed by atoms with van der Waals surface area (Å²) in [4.78, 5) is 29.0. The molecule has 0 saturated heterocycles. The highest BCUT2D eigenvalue weighted by Gasteiger charge is 2.16. The van der Waals surface area contributed by atoms with Crippen LogP contribution in [0.5, 0.6) is 0 Å². The lowest BCUT2D eigenvalue weighted by molar-refractivity contribution is 0.0947. The summed E-state index contributed by atoms with van der Waals surface area (Å²) in [5, 5.41) is 2.67. The van der Waals surface area contributed by atoms with Crippen LogP contribution in [-0.4, -0.2) is 54.8 Å². The van der Waals surface area contributed by atoms with Gasteiger partial charge in [-0.2, -0.15) is 23.7 Å². The molecule has 2 aromatic rings. The molecule has 1 amide bonds. The van der Waals surface area contributed by atoms with Crippen molar-refractivity contribution in [3.8, 4) is 0 Å². The van der Waals surface area contributed by atoms with Crippen molar-refractivity contribution in [1.29, 1.82) is 0 Å². The van der Waals surface area contributed by atoms with E-state index in [9.17, 15) is 13.6 Å². The highest BCUT2D eigenvalue weighted by molar-refractivity contribution is 7.99. The lowest BCUT2D eigenvalue weighted by Gasteiger charge is -2.16. The van der Waals surface area contributed by atoms with Crippen LogP contribution >= 0.6 is 11.8 Å². The summed E-state index contributed by atoms with van der Waals surface area (Å²) in [7, 11) is 7.20. The summed E-state index contributed by atoms with van der Waals surface area (Å²) in [6.07, 6.45) is 0. The normalized spacial score (nSPS) is 10.7. The number of alkyl halides is 2. The molecule has 1 aromatic heterocycles. The Balaban J connectivity index is 2.17. The summed E-state index contributed by atoms with van der Waals surface area (Å²) in [6, 6.07) is 6.23. The number of carbonyl (C=O) groups is 1. The first-order chi connectivity index (χ1) is 12.3. The number of carbonyl (C=O) groups excluding carboxylic acids is 1. The van der Waals surface area contributed by atoms with Gasteiger partial charge in [-0.25, -0.2) is 0 Å². The third-order valence-electron chi connectivity index (χ3n) is 3.21. The predicted octanol–water partition coefficient (Wildman–Crippen LogP) is 2.25. The van der Waals surface area contributed by atoms with Crippen molar-refractivity contribution in [3.05, 3.63) is 35.7 Å². The molecule has 2 rings (SSSR count). The highest BCUT2D eigenvalue weighted by atomic mass is 32.2. The van der Waals surface area contributed by atoms with E-state index in [1.165, 1.54) is 12.1 Å². The number of benzene rings is 1. The van der Waals surface area contributed by atoms with E-state index in [0.717, 1.165) is 0 Å². The van der Waals surface area contributed by atoms with Crippen LogP contribution in [-0.2, 0) is 6.54 Å². The molecule has 1 N–H and O–H groups in total. The number of hydrogen-bond donors (Lipinski definition) is 1. The minimum absolute atomic E-state index is 0.0523. The van der Waals surface area contributed by atoms with E-state index in [1.54, 1.807) is 50.1 Å². The number of thioether (sulfide) groups is 1. The van der Waals surface area contributed by atoms with E-state index in [-0.39, 0.29) is 17.0 Å². The average molecular weight is 382 g/mol. The van der Waals surface area contributed by atoms with Crippen LogP contribution in [0.25, 0.3) is 0 Å². The quantitative estimate of drug-likeness (QED) is 0.736. The fraction of sp³-hybridized carbons (Fsp3) is 0.375. The molecule has 0 saturated carbocycles. The predicted molar refractivity (Wildman–Crippen MR) is 98.0 cm³/mol. The van der Waals surface area contributed by atoms with Gasteiger partial charge in [0.2, 0.25) is 11.9 Å². The van der Waals surface area contributed by atoms with Gasteiger partial charge in [-0.15, -0.1) is 0 Å². The van der Waals surface area contributed by atoms with Crippen molar-refractivity contribution in [2.75, 3.05) is 38.0 Å². The Kier molecular flexibility index (Phi) is 6.67. The summed E-state index contributed by atoms with van der Waals surface area (Å²) in [6.45, 7) is 0.0523. The highest BCUT2D eigenvalue weighted by Crippen LogP contribution is 2.28. The number of anilines is 2. The molecule has 0 unspecified atom stereocenters. The first kappa shape index (κ1) is 19.8. The van der Waals surface area contributed by atoms with Crippen molar-refractivity contribution in [1.82, 2.24) is 20.3 Å². The van der Waals surface area contributed by atoms with Crippen LogP contribution in [0.15, 0.2) is 29.2 Å². The largest absolute Gasteiger partial charge is 0.347 e. The molecule has 7 nitrogen and oxygen atoms in total. The second-order valence-electron chi connectivity index (χ2n) is 5.70. The van der Waals surface area contributed by atoms with Crippen LogP contribution in [0.1, 0.15) is 16.2 Å². The van der Waals surface area contributed by atoms with Gasteiger partial charge < -0.3 is 15.1 Å². The molecule has 10 heteroatoms. The number of halogens is 2. The second kappa shape index (κ2) is 8.75. The third kappa shape index (κ3) is 5.25. The number of aromatic nitrogens is 3. The molecule has 26 heavy (non-hydrogen) atoms. The summed E-state index contributed by atoms with van der Waals surface area (Å²) in [5.41, 5.74) is 0.188. The van der Waals surface area contributed by atoms with Gasteiger partial charge in [0.1, 0.15) is 0 Å². The summed E-state index contributed by atoms with van der Waals surface area (Å²) < 4.78 is 25.3. The topological polar surface area (TPSA) is 74.2 Å². The van der Waals surface area contributed by atoms with Crippen LogP contribution in [0, 0.1) is 0 Å². The maximum absolute atomic E-state index is 12.6. The van der Waals surface area contributed by atoms with Gasteiger partial charge in [0.15, 0.2) is 5.82 Å². The standard InChI is InChI=1S/C16H20F2N6OS/c1-23(2)15-20-12(21-16(22-15)24(3)4)9-19-13(25)10-7-5-6-8-11(10)26-14(17)18/h5-8,14H,9H2,1-4H3,(H,19,25). The smallest absolute Gasteiger partial charge is 0.288 e. The Morgan fingerprint density at radius 1 is 1.08 bits per heavy atom. The molecule has 1 aromatic carbocycles. The fourth-order valence-electron chi connectivity index (χ4n) is 1.98. The van der Waals surface area contributed by atoms with Gasteiger partial charge >= 0.3 is 0 Å². The van der Waals surface area contributed by atoms with E-state index >= 15 is 0 Å². The molecule has 0 aliphatic heterocycles. The first-order valence-electron chi connectivity index (χ1n) is 7.69. The molecule has 0 fully saturated rings. The zero-order valence-electron chi connectivity index (χ0n) is 14.9. The maximum atomic E-state index is 12.6. The molecular formula is C16H20F2N6OS. The van der Waals surface area contributed by atoms with Crippen molar-refractivity contribution in [3.63, 3.8) is 0 Å². The second-order valence-corrected chi connectivity index (χ2v) is 6.73. The van der Waals surface area contributed by atoms with Gasteiger partial charge in [0.25, 0.3) is 11.7 Å². The zero-order valence-corrected chi connectivity index (χ0v) is 15.7. The lowest BCUT2D eigenvalue weighted by atomic mass is 10.2. The number of rotatable bonds is 7. The monoisotopic (exact) mass is 382 g/mol. The minimum atomic E-state index is -2.60. The molecule has 1 heterocycles. The van der Waals surface area contributed by atoms with E-state index in [4.69, 9.17) is 0 Å². The fourth-order valence-corrected chi connectivity index (χ4v) is 2.62. The Labute approximate surface area is 154 Å².